The average molecular weight is 400 g/mol. The van der Waals surface area contributed by atoms with Gasteiger partial charge in [-0.1, -0.05) is 19.2 Å². The highest BCUT2D eigenvalue weighted by Gasteiger charge is 2.39. The molecule has 0 radical (unpaired) electrons. The molecule has 1 atom stereocenters. The van der Waals surface area contributed by atoms with Crippen LogP contribution in [-0.2, 0) is 28.7 Å². The van der Waals surface area contributed by atoms with E-state index in [4.69, 9.17) is 20.1 Å². The maximum Gasteiger partial charge on any atom is 0.333 e. The molecule has 156 valence electrons. The molecule has 0 aliphatic rings. The highest BCUT2D eigenvalue weighted by molar-refractivity contribution is 5.90. The fourth-order valence-electron chi connectivity index (χ4n) is 1.65. The molecule has 1 unspecified atom stereocenters. The van der Waals surface area contributed by atoms with E-state index >= 15 is 0 Å². The number of hydrogen-bond acceptors (Lipinski definition) is 6. The lowest BCUT2D eigenvalue weighted by atomic mass is 9.79. The minimum Gasteiger partial charge on any atom is -0.481 e. The maximum absolute atomic E-state index is 11.5. The first-order valence-electron chi connectivity index (χ1n) is 7.75. The zero-order chi connectivity index (χ0) is 22.7. The predicted octanol–water partition coefficient (Wildman–Crippen LogP) is 1.72. The Hall–Kier alpha value is -3.43. The van der Waals surface area contributed by atoms with Crippen molar-refractivity contribution in [1.29, 1.82) is 0 Å². The molecule has 0 saturated heterocycles. The normalized spacial score (nSPS) is 12.5. The van der Waals surface area contributed by atoms with Gasteiger partial charge in [0, 0.05) is 23.1 Å². The summed E-state index contributed by atoms with van der Waals surface area (Å²) in [5.74, 6) is -5.97. The molecule has 0 heterocycles. The zero-order valence-electron chi connectivity index (χ0n) is 15.9. The fourth-order valence-corrected chi connectivity index (χ4v) is 1.65. The Morgan fingerprint density at radius 2 is 1.36 bits per heavy atom. The van der Waals surface area contributed by atoms with E-state index in [2.05, 4.69) is 13.2 Å². The van der Waals surface area contributed by atoms with Crippen LogP contribution in [0.25, 0.3) is 0 Å². The molecule has 0 rings (SSSR count). The molecule has 0 aliphatic carbocycles. The minimum atomic E-state index is -1.98. The second-order valence-corrected chi connectivity index (χ2v) is 5.92. The molecular formula is C18H24O10. The summed E-state index contributed by atoms with van der Waals surface area (Å²) in [5.41, 5.74) is -2.01. The first kappa shape index (κ1) is 26.8. The molecule has 0 aliphatic heterocycles. The van der Waals surface area contributed by atoms with Crippen LogP contribution in [0.4, 0.5) is 0 Å². The number of esters is 1. The van der Waals surface area contributed by atoms with Crippen LogP contribution < -0.4 is 0 Å². The van der Waals surface area contributed by atoms with Crippen LogP contribution in [0.15, 0.2) is 36.0 Å². The SMILES string of the molecule is C=C(C)C(=O)O.C=C(C)C(=O)OCCC(C=C(C)C(=O)O)(CC(=O)O)C(=O)O. The smallest absolute Gasteiger partial charge is 0.333 e. The Labute approximate surface area is 161 Å². The highest BCUT2D eigenvalue weighted by atomic mass is 16.5. The maximum atomic E-state index is 11.5. The van der Waals surface area contributed by atoms with Crippen LogP contribution in [0.5, 0.6) is 0 Å². The summed E-state index contributed by atoms with van der Waals surface area (Å²) in [5, 5.41) is 34.9. The number of rotatable bonds is 10. The lowest BCUT2D eigenvalue weighted by Gasteiger charge is -2.24. The lowest BCUT2D eigenvalue weighted by molar-refractivity contribution is -0.155. The summed E-state index contributed by atoms with van der Waals surface area (Å²) in [4.78, 5) is 54.1. The molecule has 0 aromatic rings. The Bertz CT molecular complexity index is 689. The van der Waals surface area contributed by atoms with Crippen LogP contribution in [0.1, 0.15) is 33.6 Å². The average Bonchev–Trinajstić information content (AvgIpc) is 2.53. The van der Waals surface area contributed by atoms with E-state index in [-0.39, 0.29) is 29.7 Å². The second kappa shape index (κ2) is 12.0. The van der Waals surface area contributed by atoms with Gasteiger partial charge < -0.3 is 25.2 Å². The summed E-state index contributed by atoms with van der Waals surface area (Å²) < 4.78 is 4.76. The van der Waals surface area contributed by atoms with E-state index in [9.17, 15) is 29.1 Å². The lowest BCUT2D eigenvalue weighted by Crippen LogP contribution is -2.34. The van der Waals surface area contributed by atoms with Crippen molar-refractivity contribution in [2.45, 2.75) is 33.6 Å². The first-order valence-corrected chi connectivity index (χ1v) is 7.75. The summed E-state index contributed by atoms with van der Waals surface area (Å²) in [6.07, 6.45) is -0.351. The third-order valence-electron chi connectivity index (χ3n) is 3.22. The van der Waals surface area contributed by atoms with E-state index in [0.717, 1.165) is 13.0 Å². The van der Waals surface area contributed by atoms with Crippen LogP contribution in [0, 0.1) is 5.41 Å². The molecule has 0 saturated carbocycles. The second-order valence-electron chi connectivity index (χ2n) is 5.92. The summed E-state index contributed by atoms with van der Waals surface area (Å²) in [7, 11) is 0. The molecule has 10 heteroatoms. The van der Waals surface area contributed by atoms with E-state index < -0.39 is 41.7 Å². The highest BCUT2D eigenvalue weighted by Crippen LogP contribution is 2.31. The van der Waals surface area contributed by atoms with Crippen molar-refractivity contribution < 1.29 is 49.1 Å². The van der Waals surface area contributed by atoms with E-state index in [1.54, 1.807) is 0 Å². The third-order valence-corrected chi connectivity index (χ3v) is 3.22. The van der Waals surface area contributed by atoms with Crippen molar-refractivity contribution in [2.75, 3.05) is 6.61 Å². The van der Waals surface area contributed by atoms with Crippen LogP contribution in [0.3, 0.4) is 0 Å². The third kappa shape index (κ3) is 10.5. The van der Waals surface area contributed by atoms with E-state index in [1.165, 1.54) is 13.8 Å². The summed E-state index contributed by atoms with van der Waals surface area (Å²) >= 11 is 0. The van der Waals surface area contributed by atoms with Crippen LogP contribution in [0.2, 0.25) is 0 Å². The van der Waals surface area contributed by atoms with Crippen LogP contribution >= 0.6 is 0 Å². The van der Waals surface area contributed by atoms with E-state index in [1.807, 2.05) is 0 Å². The Morgan fingerprint density at radius 1 is 0.893 bits per heavy atom. The summed E-state index contributed by atoms with van der Waals surface area (Å²) in [6, 6.07) is 0. The first-order chi connectivity index (χ1) is 12.7. The van der Waals surface area contributed by atoms with Crippen molar-refractivity contribution in [3.8, 4) is 0 Å². The Morgan fingerprint density at radius 3 is 1.64 bits per heavy atom. The largest absolute Gasteiger partial charge is 0.481 e. The van der Waals surface area contributed by atoms with Gasteiger partial charge >= 0.3 is 29.8 Å². The van der Waals surface area contributed by atoms with Crippen molar-refractivity contribution in [2.24, 2.45) is 5.41 Å². The van der Waals surface area contributed by atoms with Gasteiger partial charge in [-0.25, -0.2) is 14.4 Å². The number of ether oxygens (including phenoxy) is 1. The van der Waals surface area contributed by atoms with Crippen molar-refractivity contribution in [3.05, 3.63) is 36.0 Å². The molecule has 0 bridgehead atoms. The molecule has 28 heavy (non-hydrogen) atoms. The van der Waals surface area contributed by atoms with Gasteiger partial charge in [0.05, 0.1) is 13.0 Å². The van der Waals surface area contributed by atoms with Gasteiger partial charge in [-0.15, -0.1) is 0 Å². The Kier molecular flexibility index (Phi) is 11.5. The van der Waals surface area contributed by atoms with Crippen molar-refractivity contribution >= 4 is 29.8 Å². The fraction of sp³-hybridized carbons (Fsp3) is 0.389. The number of carboxylic acid groups (broad SMARTS) is 4. The Balaban J connectivity index is 0. The van der Waals surface area contributed by atoms with Gasteiger partial charge in [-0.3, -0.25) is 9.59 Å². The molecule has 0 amide bonds. The molecular weight excluding hydrogens is 376 g/mol. The number of carbonyl (C=O) groups excluding carboxylic acids is 1. The standard InChI is InChI=1S/C14H18O8.C4H6O2/c1-8(2)12(19)22-5-4-14(13(20)21,7-10(15)16)6-9(3)11(17)18;1-3(2)4(5)6/h6H,1,4-5,7H2,2-3H3,(H,15,16)(H,17,18)(H,20,21);1H2,2H3,(H,5,6). The van der Waals surface area contributed by atoms with Gasteiger partial charge in [-0.2, -0.15) is 0 Å². The number of carboxylic acids is 4. The van der Waals surface area contributed by atoms with Gasteiger partial charge in [0.25, 0.3) is 0 Å². The van der Waals surface area contributed by atoms with Crippen molar-refractivity contribution in [1.82, 2.24) is 0 Å². The number of hydrogen-bond donors (Lipinski definition) is 4. The molecule has 4 N–H and O–H groups in total. The molecule has 0 spiro atoms. The number of carbonyl (C=O) groups is 5. The van der Waals surface area contributed by atoms with Crippen molar-refractivity contribution in [3.63, 3.8) is 0 Å². The molecule has 0 fully saturated rings. The van der Waals surface area contributed by atoms with E-state index in [0.29, 0.717) is 0 Å². The minimum absolute atomic E-state index is 0.108. The monoisotopic (exact) mass is 400 g/mol. The molecule has 10 nitrogen and oxygen atoms in total. The molecule has 0 aromatic carbocycles. The quantitative estimate of drug-likeness (QED) is 0.312. The van der Waals surface area contributed by atoms with Crippen LogP contribution in [-0.4, -0.2) is 56.9 Å². The predicted molar refractivity (Wildman–Crippen MR) is 96.6 cm³/mol. The van der Waals surface area contributed by atoms with Gasteiger partial charge in [0.1, 0.15) is 5.41 Å². The number of aliphatic carboxylic acids is 4. The van der Waals surface area contributed by atoms with Gasteiger partial charge in [0.2, 0.25) is 0 Å². The molecule has 0 aromatic heterocycles. The summed E-state index contributed by atoms with van der Waals surface area (Å²) in [6.45, 7) is 10.1. The van der Waals surface area contributed by atoms with Gasteiger partial charge in [-0.05, 0) is 20.8 Å². The topological polar surface area (TPSA) is 175 Å². The zero-order valence-corrected chi connectivity index (χ0v) is 15.9. The van der Waals surface area contributed by atoms with Gasteiger partial charge in [0.15, 0.2) is 0 Å².